The minimum atomic E-state index is -3.46. The Morgan fingerprint density at radius 3 is 2.38 bits per heavy atom. The van der Waals surface area contributed by atoms with Crippen molar-refractivity contribution in [3.8, 4) is 0 Å². The smallest absolute Gasteiger partial charge is 0.312 e. The second kappa shape index (κ2) is 9.60. The summed E-state index contributed by atoms with van der Waals surface area (Å²) in [7, 11) is -3.46. The third kappa shape index (κ3) is 4.76. The fourth-order valence-corrected chi connectivity index (χ4v) is 8.00. The molecule has 1 atom stereocenters. The summed E-state index contributed by atoms with van der Waals surface area (Å²) in [4.78, 5) is 17.7. The predicted molar refractivity (Wildman–Crippen MR) is 134 cm³/mol. The summed E-state index contributed by atoms with van der Waals surface area (Å²) in [6.07, 6.45) is 2.57. The van der Waals surface area contributed by atoms with Gasteiger partial charge in [0.2, 0.25) is 0 Å². The molecule has 0 radical (unpaired) electrons. The van der Waals surface area contributed by atoms with Crippen molar-refractivity contribution < 1.29 is 17.9 Å². The molecule has 0 N–H and O–H groups in total. The molecule has 0 saturated carbocycles. The Balaban J connectivity index is 1.09. The van der Waals surface area contributed by atoms with Crippen molar-refractivity contribution in [2.24, 2.45) is 5.41 Å². The molecule has 1 spiro atoms. The highest BCUT2D eigenvalue weighted by Crippen LogP contribution is 2.44. The Hall–Kier alpha value is -1.94. The Morgan fingerprint density at radius 1 is 1.03 bits per heavy atom. The van der Waals surface area contributed by atoms with Crippen LogP contribution < -0.4 is 4.90 Å². The first-order valence-corrected chi connectivity index (χ1v) is 14.5. The molecule has 4 heterocycles. The molecule has 7 nitrogen and oxygen atoms in total. The number of nitrogens with zero attached hydrogens (tertiary/aromatic N) is 3. The first-order chi connectivity index (χ1) is 16.4. The zero-order valence-corrected chi connectivity index (χ0v) is 21.3. The third-order valence-electron chi connectivity index (χ3n) is 7.63. The number of hydrogen-bond donors (Lipinski definition) is 0. The largest absolute Gasteiger partial charge is 0.462 e. The third-order valence-corrected chi connectivity index (χ3v) is 10.9. The summed E-state index contributed by atoms with van der Waals surface area (Å²) in [6.45, 7) is 7.82. The number of piperazine rings is 1. The van der Waals surface area contributed by atoms with Crippen LogP contribution in [0.3, 0.4) is 0 Å². The Bertz CT molecular complexity index is 1090. The molecule has 5 rings (SSSR count). The Kier molecular flexibility index (Phi) is 6.72. The molecule has 1 aromatic carbocycles. The maximum absolute atomic E-state index is 12.8. The van der Waals surface area contributed by atoms with Crippen LogP contribution in [0.5, 0.6) is 0 Å². The highest BCUT2D eigenvalue weighted by molar-refractivity contribution is 7.91. The summed E-state index contributed by atoms with van der Waals surface area (Å²) in [5.41, 5.74) is 2.04. The molecule has 34 heavy (non-hydrogen) atoms. The van der Waals surface area contributed by atoms with Crippen molar-refractivity contribution in [1.82, 2.24) is 9.21 Å². The van der Waals surface area contributed by atoms with E-state index in [9.17, 15) is 13.2 Å². The van der Waals surface area contributed by atoms with Crippen molar-refractivity contribution in [1.29, 1.82) is 0 Å². The van der Waals surface area contributed by atoms with E-state index >= 15 is 0 Å². The molecule has 0 bridgehead atoms. The van der Waals surface area contributed by atoms with Gasteiger partial charge in [0.05, 0.1) is 5.41 Å². The first kappa shape index (κ1) is 23.8. The van der Waals surface area contributed by atoms with Gasteiger partial charge in [-0.1, -0.05) is 23.8 Å². The molecule has 3 aliphatic heterocycles. The van der Waals surface area contributed by atoms with Crippen LogP contribution in [0.4, 0.5) is 5.69 Å². The Labute approximate surface area is 206 Å². The van der Waals surface area contributed by atoms with Gasteiger partial charge in [-0.3, -0.25) is 9.69 Å². The van der Waals surface area contributed by atoms with E-state index in [1.807, 2.05) is 0 Å². The van der Waals surface area contributed by atoms with Crippen LogP contribution in [-0.2, 0) is 19.6 Å². The van der Waals surface area contributed by atoms with Gasteiger partial charge in [0.15, 0.2) is 0 Å². The molecule has 3 fully saturated rings. The van der Waals surface area contributed by atoms with Crippen molar-refractivity contribution in [3.63, 3.8) is 0 Å². The number of carbonyl (C=O) groups is 1. The molecule has 0 unspecified atom stereocenters. The number of esters is 1. The molecule has 0 amide bonds. The van der Waals surface area contributed by atoms with Gasteiger partial charge in [-0.05, 0) is 49.8 Å². The summed E-state index contributed by atoms with van der Waals surface area (Å²) >= 11 is 1.24. The van der Waals surface area contributed by atoms with Crippen molar-refractivity contribution in [2.75, 3.05) is 50.7 Å². The van der Waals surface area contributed by atoms with Gasteiger partial charge in [0.1, 0.15) is 10.3 Å². The zero-order chi connectivity index (χ0) is 23.8. The number of carbonyl (C=O) groups excluding carboxylic acids is 1. The van der Waals surface area contributed by atoms with E-state index in [2.05, 4.69) is 41.0 Å². The van der Waals surface area contributed by atoms with Gasteiger partial charge >= 0.3 is 5.97 Å². The fraction of sp³-hybridized carbons (Fsp3) is 0.560. The number of aryl methyl sites for hydroxylation is 1. The van der Waals surface area contributed by atoms with Gasteiger partial charge in [-0.15, -0.1) is 11.3 Å². The van der Waals surface area contributed by atoms with E-state index in [1.165, 1.54) is 26.9 Å². The molecule has 2 aromatic rings. The summed E-state index contributed by atoms with van der Waals surface area (Å²) < 4.78 is 33.3. The minimum Gasteiger partial charge on any atom is -0.462 e. The van der Waals surface area contributed by atoms with Crippen LogP contribution in [0.15, 0.2) is 46.0 Å². The van der Waals surface area contributed by atoms with E-state index in [-0.39, 0.29) is 12.1 Å². The number of thiophene rings is 1. The minimum absolute atomic E-state index is 0.0666. The highest BCUT2D eigenvalue weighted by atomic mass is 32.2. The van der Waals surface area contributed by atoms with Crippen molar-refractivity contribution >= 4 is 33.0 Å². The normalized spacial score (nSPS) is 24.0. The molecule has 3 aliphatic rings. The summed E-state index contributed by atoms with van der Waals surface area (Å²) in [5.74, 6) is -0.130. The average molecular weight is 504 g/mol. The summed E-state index contributed by atoms with van der Waals surface area (Å²) in [5, 5.41) is 1.78. The number of cyclic esters (lactones) is 1. The van der Waals surface area contributed by atoms with Gasteiger partial charge in [0, 0.05) is 57.9 Å². The molecule has 1 aromatic heterocycles. The molecule has 9 heteroatoms. The SMILES string of the molecule is Cc1ccc(N2CCN(CC[C@H]3CC4(CCN(S(=O)(=O)c5cccs5)CC4)C(=O)O3)CC2)cc1. The van der Waals surface area contributed by atoms with Gasteiger partial charge in [-0.25, -0.2) is 8.42 Å². The lowest BCUT2D eigenvalue weighted by molar-refractivity contribution is -0.150. The van der Waals surface area contributed by atoms with E-state index in [1.54, 1.807) is 17.5 Å². The van der Waals surface area contributed by atoms with Crippen molar-refractivity contribution in [2.45, 2.75) is 42.9 Å². The highest BCUT2D eigenvalue weighted by Gasteiger charge is 2.51. The van der Waals surface area contributed by atoms with Crippen LogP contribution in [0.1, 0.15) is 31.2 Å². The number of ether oxygens (including phenoxy) is 1. The number of sulfonamides is 1. The van der Waals surface area contributed by atoms with E-state index in [0.717, 1.165) is 39.1 Å². The van der Waals surface area contributed by atoms with Crippen LogP contribution in [0.25, 0.3) is 0 Å². The number of hydrogen-bond acceptors (Lipinski definition) is 7. The molecule has 3 saturated heterocycles. The quantitative estimate of drug-likeness (QED) is 0.563. The lowest BCUT2D eigenvalue weighted by Gasteiger charge is -2.36. The van der Waals surface area contributed by atoms with Crippen LogP contribution >= 0.6 is 11.3 Å². The average Bonchev–Trinajstić information content (AvgIpc) is 3.49. The fourth-order valence-electron chi connectivity index (χ4n) is 5.41. The first-order valence-electron chi connectivity index (χ1n) is 12.1. The Morgan fingerprint density at radius 2 is 1.74 bits per heavy atom. The zero-order valence-electron chi connectivity index (χ0n) is 19.7. The molecule has 0 aliphatic carbocycles. The summed E-state index contributed by atoms with van der Waals surface area (Å²) in [6, 6.07) is 12.1. The number of benzene rings is 1. The number of rotatable bonds is 6. The second-order valence-corrected chi connectivity index (χ2v) is 12.9. The van der Waals surface area contributed by atoms with Gasteiger partial charge in [-0.2, -0.15) is 4.31 Å². The predicted octanol–water partition coefficient (Wildman–Crippen LogP) is 3.36. The maximum Gasteiger partial charge on any atom is 0.312 e. The van der Waals surface area contributed by atoms with Crippen LogP contribution in [0, 0.1) is 12.3 Å². The lowest BCUT2D eigenvalue weighted by Crippen LogP contribution is -2.47. The number of piperidine rings is 1. The number of anilines is 1. The van der Waals surface area contributed by atoms with Crippen LogP contribution in [-0.4, -0.2) is 75.5 Å². The lowest BCUT2D eigenvalue weighted by atomic mass is 9.76. The molecular weight excluding hydrogens is 470 g/mol. The van der Waals surface area contributed by atoms with Gasteiger partial charge < -0.3 is 9.64 Å². The topological polar surface area (TPSA) is 70.2 Å². The van der Waals surface area contributed by atoms with Crippen LogP contribution in [0.2, 0.25) is 0 Å². The second-order valence-electron chi connectivity index (χ2n) is 9.80. The van der Waals surface area contributed by atoms with E-state index in [0.29, 0.717) is 36.6 Å². The van der Waals surface area contributed by atoms with E-state index < -0.39 is 15.4 Å². The molecular formula is C25H33N3O4S2. The van der Waals surface area contributed by atoms with Gasteiger partial charge in [0.25, 0.3) is 10.0 Å². The van der Waals surface area contributed by atoms with Crippen molar-refractivity contribution in [3.05, 3.63) is 47.3 Å². The molecule has 184 valence electrons. The monoisotopic (exact) mass is 503 g/mol. The standard InChI is InChI=1S/C25H33N3O4S2/c1-20-4-6-21(7-5-20)27-16-14-26(15-17-27)11-8-22-19-25(24(29)32-22)9-12-28(13-10-25)34(30,31)23-3-2-18-33-23/h2-7,18,22H,8-17,19H2,1H3/t22-/m0/s1. The van der Waals surface area contributed by atoms with E-state index in [4.69, 9.17) is 4.74 Å². The maximum atomic E-state index is 12.8.